The Hall–Kier alpha value is -2.58. The Labute approximate surface area is 153 Å². The molecular formula is C18H21N5O2S. The van der Waals surface area contributed by atoms with Crippen LogP contribution in [-0.4, -0.2) is 27.9 Å². The molecule has 3 heterocycles. The van der Waals surface area contributed by atoms with E-state index in [4.69, 9.17) is 0 Å². The molecule has 0 fully saturated rings. The Balaban J connectivity index is 1.77. The summed E-state index contributed by atoms with van der Waals surface area (Å²) in [5.41, 5.74) is 2.51. The summed E-state index contributed by atoms with van der Waals surface area (Å²) in [6.07, 6.45) is 6.59. The van der Waals surface area contributed by atoms with Gasteiger partial charge in [0.15, 0.2) is 5.03 Å². The lowest BCUT2D eigenvalue weighted by Crippen LogP contribution is -2.23. The molecule has 0 spiro atoms. The Morgan fingerprint density at radius 2 is 1.88 bits per heavy atom. The van der Waals surface area contributed by atoms with E-state index in [1.54, 1.807) is 36.3 Å². The average Bonchev–Trinajstić information content (AvgIpc) is 3.04. The van der Waals surface area contributed by atoms with Crippen molar-refractivity contribution in [1.82, 2.24) is 24.2 Å². The Morgan fingerprint density at radius 1 is 1.15 bits per heavy atom. The maximum atomic E-state index is 12.5. The Morgan fingerprint density at radius 3 is 2.54 bits per heavy atom. The van der Waals surface area contributed by atoms with Gasteiger partial charge in [0.1, 0.15) is 5.82 Å². The maximum absolute atomic E-state index is 12.5. The zero-order valence-corrected chi connectivity index (χ0v) is 15.7. The minimum atomic E-state index is -3.68. The van der Waals surface area contributed by atoms with Gasteiger partial charge in [0.2, 0.25) is 0 Å². The summed E-state index contributed by atoms with van der Waals surface area (Å²) in [6.45, 7) is 4.12. The minimum Gasteiger partial charge on any atom is -0.336 e. The largest absolute Gasteiger partial charge is 0.336 e. The van der Waals surface area contributed by atoms with E-state index < -0.39 is 10.0 Å². The highest BCUT2D eigenvalue weighted by Gasteiger charge is 2.20. The van der Waals surface area contributed by atoms with Gasteiger partial charge in [0, 0.05) is 49.9 Å². The molecule has 7 nitrogen and oxygen atoms in total. The van der Waals surface area contributed by atoms with Crippen molar-refractivity contribution in [2.75, 3.05) is 0 Å². The molecule has 0 unspecified atom stereocenters. The molecule has 0 aliphatic heterocycles. The number of nitrogens with zero attached hydrogens (tertiary/aromatic N) is 4. The van der Waals surface area contributed by atoms with Crippen LogP contribution < -0.4 is 4.72 Å². The van der Waals surface area contributed by atoms with Gasteiger partial charge < -0.3 is 4.57 Å². The highest BCUT2D eigenvalue weighted by atomic mass is 32.2. The molecule has 0 aliphatic carbocycles. The van der Waals surface area contributed by atoms with Crippen LogP contribution in [0.25, 0.3) is 11.3 Å². The number of sulfonamides is 1. The molecule has 136 valence electrons. The molecule has 0 atom stereocenters. The molecule has 3 aromatic heterocycles. The SMILES string of the molecule is CC(C)c1nc(S(=O)(=O)NCc2ccnc(-c3ccncc3)c2)cn1C. The third kappa shape index (κ3) is 3.97. The number of hydrogen-bond acceptors (Lipinski definition) is 5. The van der Waals surface area contributed by atoms with Gasteiger partial charge in [0.25, 0.3) is 10.0 Å². The van der Waals surface area contributed by atoms with Crippen molar-refractivity contribution in [3.05, 3.63) is 60.4 Å². The third-order valence-electron chi connectivity index (χ3n) is 3.95. The van der Waals surface area contributed by atoms with E-state index in [1.165, 1.54) is 6.20 Å². The zero-order chi connectivity index (χ0) is 18.7. The molecule has 0 aromatic carbocycles. The number of rotatable bonds is 6. The maximum Gasteiger partial charge on any atom is 0.259 e. The first-order chi connectivity index (χ1) is 12.4. The van der Waals surface area contributed by atoms with Crippen LogP contribution in [0.3, 0.4) is 0 Å². The van der Waals surface area contributed by atoms with E-state index >= 15 is 0 Å². The van der Waals surface area contributed by atoms with E-state index in [0.29, 0.717) is 0 Å². The third-order valence-corrected chi connectivity index (χ3v) is 5.22. The number of aryl methyl sites for hydroxylation is 1. The molecule has 3 aromatic rings. The summed E-state index contributed by atoms with van der Waals surface area (Å²) in [5.74, 6) is 0.876. The quantitative estimate of drug-likeness (QED) is 0.719. The Bertz CT molecular complexity index is 997. The van der Waals surface area contributed by atoms with Crippen LogP contribution in [-0.2, 0) is 23.6 Å². The summed E-state index contributed by atoms with van der Waals surface area (Å²) < 4.78 is 29.4. The second kappa shape index (κ2) is 7.35. The molecule has 0 amide bonds. The monoisotopic (exact) mass is 371 g/mol. The van der Waals surface area contributed by atoms with Gasteiger partial charge in [-0.05, 0) is 29.8 Å². The number of aromatic nitrogens is 4. The van der Waals surface area contributed by atoms with E-state index in [-0.39, 0.29) is 17.5 Å². The molecule has 0 radical (unpaired) electrons. The standard InChI is InChI=1S/C18H21N5O2S/c1-13(2)18-22-17(12-23(18)3)26(24,25)21-11-14-4-9-20-16(10-14)15-5-7-19-8-6-15/h4-10,12-13,21H,11H2,1-3H3. The van der Waals surface area contributed by atoms with E-state index in [2.05, 4.69) is 19.7 Å². The van der Waals surface area contributed by atoms with Crippen molar-refractivity contribution in [2.45, 2.75) is 31.3 Å². The fourth-order valence-corrected chi connectivity index (χ4v) is 3.65. The Kier molecular flexibility index (Phi) is 5.15. The van der Waals surface area contributed by atoms with Gasteiger partial charge in [0.05, 0.1) is 5.69 Å². The molecule has 0 saturated carbocycles. The van der Waals surface area contributed by atoms with Gasteiger partial charge in [-0.3, -0.25) is 9.97 Å². The highest BCUT2D eigenvalue weighted by Crippen LogP contribution is 2.18. The molecular weight excluding hydrogens is 350 g/mol. The van der Waals surface area contributed by atoms with E-state index in [1.807, 2.05) is 32.0 Å². The van der Waals surface area contributed by atoms with Crippen LogP contribution in [0, 0.1) is 0 Å². The van der Waals surface area contributed by atoms with E-state index in [0.717, 1.165) is 22.6 Å². The molecule has 0 bridgehead atoms. The lowest BCUT2D eigenvalue weighted by Gasteiger charge is -2.06. The number of nitrogens with one attached hydrogen (secondary N) is 1. The van der Waals surface area contributed by atoms with Gasteiger partial charge in [-0.15, -0.1) is 0 Å². The first kappa shape index (κ1) is 18.2. The molecule has 0 saturated heterocycles. The topological polar surface area (TPSA) is 89.8 Å². The minimum absolute atomic E-state index is 0.0344. The van der Waals surface area contributed by atoms with E-state index in [9.17, 15) is 8.42 Å². The first-order valence-electron chi connectivity index (χ1n) is 8.25. The number of hydrogen-bond donors (Lipinski definition) is 1. The lowest BCUT2D eigenvalue weighted by molar-refractivity contribution is 0.577. The van der Waals surface area contributed by atoms with Gasteiger partial charge in [-0.2, -0.15) is 0 Å². The summed E-state index contributed by atoms with van der Waals surface area (Å²) in [4.78, 5) is 12.6. The van der Waals surface area contributed by atoms with Crippen LogP contribution >= 0.6 is 0 Å². The van der Waals surface area contributed by atoms with Crippen molar-refractivity contribution < 1.29 is 8.42 Å². The number of imidazole rings is 1. The lowest BCUT2D eigenvalue weighted by atomic mass is 10.1. The summed E-state index contributed by atoms with van der Waals surface area (Å²) in [5, 5.41) is 0.0344. The normalized spacial score (nSPS) is 11.8. The van der Waals surface area contributed by atoms with Crippen molar-refractivity contribution in [1.29, 1.82) is 0 Å². The van der Waals surface area contributed by atoms with Crippen LogP contribution in [0.1, 0.15) is 31.2 Å². The molecule has 26 heavy (non-hydrogen) atoms. The predicted molar refractivity (Wildman–Crippen MR) is 98.8 cm³/mol. The molecule has 1 N–H and O–H groups in total. The van der Waals surface area contributed by atoms with Crippen LogP contribution in [0.5, 0.6) is 0 Å². The summed E-state index contributed by atoms with van der Waals surface area (Å²) >= 11 is 0. The van der Waals surface area contributed by atoms with Crippen LogP contribution in [0.2, 0.25) is 0 Å². The fourth-order valence-electron chi connectivity index (χ4n) is 2.64. The second-order valence-electron chi connectivity index (χ2n) is 6.31. The van der Waals surface area contributed by atoms with Crippen molar-refractivity contribution >= 4 is 10.0 Å². The van der Waals surface area contributed by atoms with Crippen molar-refractivity contribution in [3.8, 4) is 11.3 Å². The first-order valence-corrected chi connectivity index (χ1v) is 9.73. The zero-order valence-electron chi connectivity index (χ0n) is 14.9. The molecule has 3 rings (SSSR count). The second-order valence-corrected chi connectivity index (χ2v) is 8.03. The average molecular weight is 371 g/mol. The van der Waals surface area contributed by atoms with Crippen LogP contribution in [0.15, 0.2) is 54.1 Å². The molecule has 0 aliphatic rings. The highest BCUT2D eigenvalue weighted by molar-refractivity contribution is 7.89. The van der Waals surface area contributed by atoms with Crippen LogP contribution in [0.4, 0.5) is 0 Å². The van der Waals surface area contributed by atoms with Crippen molar-refractivity contribution in [3.63, 3.8) is 0 Å². The molecule has 8 heteroatoms. The van der Waals surface area contributed by atoms with Gasteiger partial charge >= 0.3 is 0 Å². The summed E-state index contributed by atoms with van der Waals surface area (Å²) in [7, 11) is -1.89. The fraction of sp³-hybridized carbons (Fsp3) is 0.278. The smallest absolute Gasteiger partial charge is 0.259 e. The van der Waals surface area contributed by atoms with Gasteiger partial charge in [-0.25, -0.2) is 18.1 Å². The predicted octanol–water partition coefficient (Wildman–Crippen LogP) is 2.48. The van der Waals surface area contributed by atoms with Crippen molar-refractivity contribution in [2.24, 2.45) is 7.05 Å². The van der Waals surface area contributed by atoms with Gasteiger partial charge in [-0.1, -0.05) is 13.8 Å². The summed E-state index contributed by atoms with van der Waals surface area (Å²) in [6, 6.07) is 7.36. The number of pyridine rings is 2.